The van der Waals surface area contributed by atoms with E-state index < -0.39 is 11.7 Å². The number of benzene rings is 3. The highest BCUT2D eigenvalue weighted by Crippen LogP contribution is 2.31. The fraction of sp³-hybridized carbons (Fsp3) is 0.300. The number of halogens is 2. The summed E-state index contributed by atoms with van der Waals surface area (Å²) in [6.45, 7) is 5.57. The van der Waals surface area contributed by atoms with Crippen molar-refractivity contribution in [2.24, 2.45) is 0 Å². The summed E-state index contributed by atoms with van der Waals surface area (Å²) in [5, 5.41) is 4.23. The molecule has 0 saturated carbocycles. The third kappa shape index (κ3) is 8.32. The van der Waals surface area contributed by atoms with Crippen molar-refractivity contribution in [2.45, 2.75) is 51.2 Å². The zero-order valence-electron chi connectivity index (χ0n) is 21.1. The van der Waals surface area contributed by atoms with Gasteiger partial charge in [-0.3, -0.25) is 0 Å². The summed E-state index contributed by atoms with van der Waals surface area (Å²) < 4.78 is 11.3. The number of ether oxygens (including phenoxy) is 2. The maximum absolute atomic E-state index is 12.9. The van der Waals surface area contributed by atoms with Crippen LogP contribution in [0.25, 0.3) is 5.76 Å². The lowest BCUT2D eigenvalue weighted by atomic mass is 9.83. The first-order valence-corrected chi connectivity index (χ1v) is 12.7. The highest BCUT2D eigenvalue weighted by Gasteiger charge is 2.28. The Morgan fingerprint density at radius 3 is 1.92 bits per heavy atom. The molecule has 3 aromatic carbocycles. The van der Waals surface area contributed by atoms with E-state index in [4.69, 9.17) is 32.7 Å². The molecule has 1 atom stereocenters. The van der Waals surface area contributed by atoms with Crippen LogP contribution >= 0.6 is 23.2 Å². The van der Waals surface area contributed by atoms with Crippen LogP contribution in [0.4, 0.5) is 4.79 Å². The summed E-state index contributed by atoms with van der Waals surface area (Å²) in [4.78, 5) is 12.9. The SMILES string of the molecule is COC(=CCCC(NC(=O)OC(C)(C)C)C(c1ccccc1)c1ccccc1)c1cc(Cl)cc(Cl)c1. The third-order valence-electron chi connectivity index (χ3n) is 5.60. The molecule has 1 amide bonds. The van der Waals surface area contributed by atoms with Crippen LogP contribution in [0.3, 0.4) is 0 Å². The van der Waals surface area contributed by atoms with Gasteiger partial charge in [-0.15, -0.1) is 0 Å². The zero-order chi connectivity index (χ0) is 26.1. The molecule has 0 aliphatic carbocycles. The maximum atomic E-state index is 12.9. The lowest BCUT2D eigenvalue weighted by Crippen LogP contribution is -2.42. The Labute approximate surface area is 224 Å². The summed E-state index contributed by atoms with van der Waals surface area (Å²) >= 11 is 12.4. The number of allylic oxidation sites excluding steroid dienone is 1. The van der Waals surface area contributed by atoms with Gasteiger partial charge in [-0.2, -0.15) is 0 Å². The van der Waals surface area contributed by atoms with E-state index in [1.54, 1.807) is 13.2 Å². The summed E-state index contributed by atoms with van der Waals surface area (Å²) in [5.41, 5.74) is 2.43. The van der Waals surface area contributed by atoms with Gasteiger partial charge in [-0.25, -0.2) is 4.79 Å². The Morgan fingerprint density at radius 1 is 0.917 bits per heavy atom. The van der Waals surface area contributed by atoms with Crippen LogP contribution in [0.15, 0.2) is 84.9 Å². The Bertz CT molecular complexity index is 1100. The van der Waals surface area contributed by atoms with Crippen LogP contribution in [-0.2, 0) is 9.47 Å². The van der Waals surface area contributed by atoms with Crippen LogP contribution in [0.5, 0.6) is 0 Å². The molecule has 0 fully saturated rings. The van der Waals surface area contributed by atoms with Crippen molar-refractivity contribution in [2.75, 3.05) is 7.11 Å². The number of rotatable bonds is 9. The van der Waals surface area contributed by atoms with Gasteiger partial charge in [0.05, 0.1) is 7.11 Å². The Kier molecular flexibility index (Phi) is 9.86. The Hall–Kier alpha value is -2.95. The molecular formula is C30H33Cl2NO3. The first-order chi connectivity index (χ1) is 17.2. The monoisotopic (exact) mass is 525 g/mol. The number of carbonyl (C=O) groups excluding carboxylic acids is 1. The summed E-state index contributed by atoms with van der Waals surface area (Å²) in [5.74, 6) is 0.603. The predicted octanol–water partition coefficient (Wildman–Crippen LogP) is 8.49. The van der Waals surface area contributed by atoms with Crippen LogP contribution in [0.1, 0.15) is 56.2 Å². The largest absolute Gasteiger partial charge is 0.496 e. The van der Waals surface area contributed by atoms with E-state index in [1.165, 1.54) is 0 Å². The quantitative estimate of drug-likeness (QED) is 0.285. The second kappa shape index (κ2) is 12.8. The number of nitrogens with one attached hydrogen (secondary N) is 1. The summed E-state index contributed by atoms with van der Waals surface area (Å²) in [6, 6.07) is 25.5. The summed E-state index contributed by atoms with van der Waals surface area (Å²) in [7, 11) is 1.62. The second-order valence-corrected chi connectivity index (χ2v) is 10.4. The van der Waals surface area contributed by atoms with Crippen molar-refractivity contribution in [3.05, 3.63) is 112 Å². The molecule has 0 heterocycles. The van der Waals surface area contributed by atoms with Crippen molar-refractivity contribution in [1.82, 2.24) is 5.32 Å². The van der Waals surface area contributed by atoms with Gasteiger partial charge in [0.2, 0.25) is 0 Å². The molecule has 0 aliphatic heterocycles. The van der Waals surface area contributed by atoms with Crippen molar-refractivity contribution in [3.8, 4) is 0 Å². The predicted molar refractivity (Wildman–Crippen MR) is 149 cm³/mol. The van der Waals surface area contributed by atoms with Gasteiger partial charge in [0, 0.05) is 27.6 Å². The Balaban J connectivity index is 1.93. The second-order valence-electron chi connectivity index (χ2n) is 9.56. The number of carbonyl (C=O) groups is 1. The van der Waals surface area contributed by atoms with Gasteiger partial charge in [0.1, 0.15) is 11.4 Å². The molecule has 1 unspecified atom stereocenters. The van der Waals surface area contributed by atoms with Crippen LogP contribution in [0.2, 0.25) is 10.0 Å². The van der Waals surface area contributed by atoms with E-state index in [0.29, 0.717) is 28.6 Å². The van der Waals surface area contributed by atoms with Gasteiger partial charge in [-0.05, 0) is 69.0 Å². The normalized spacial score (nSPS) is 12.8. The first-order valence-electron chi connectivity index (χ1n) is 12.0. The van der Waals surface area contributed by atoms with Crippen molar-refractivity contribution in [3.63, 3.8) is 0 Å². The molecule has 36 heavy (non-hydrogen) atoms. The topological polar surface area (TPSA) is 47.6 Å². The molecule has 6 heteroatoms. The molecule has 0 aromatic heterocycles. The molecule has 0 aliphatic rings. The molecule has 190 valence electrons. The van der Waals surface area contributed by atoms with Crippen LogP contribution in [0, 0.1) is 0 Å². The molecule has 0 radical (unpaired) electrons. The van der Waals surface area contributed by atoms with Gasteiger partial charge in [0.25, 0.3) is 0 Å². The van der Waals surface area contributed by atoms with E-state index in [2.05, 4.69) is 29.6 Å². The highest BCUT2D eigenvalue weighted by atomic mass is 35.5. The molecule has 0 spiro atoms. The van der Waals surface area contributed by atoms with Crippen molar-refractivity contribution < 1.29 is 14.3 Å². The smallest absolute Gasteiger partial charge is 0.407 e. The fourth-order valence-corrected chi connectivity index (χ4v) is 4.69. The third-order valence-corrected chi connectivity index (χ3v) is 6.03. The summed E-state index contributed by atoms with van der Waals surface area (Å²) in [6.07, 6.45) is 2.85. The van der Waals surface area contributed by atoms with E-state index in [0.717, 1.165) is 16.7 Å². The molecule has 4 nitrogen and oxygen atoms in total. The molecule has 0 saturated heterocycles. The Morgan fingerprint density at radius 2 is 1.44 bits per heavy atom. The van der Waals surface area contributed by atoms with E-state index in [-0.39, 0.29) is 12.0 Å². The van der Waals surface area contributed by atoms with E-state index >= 15 is 0 Å². The molecular weight excluding hydrogens is 493 g/mol. The van der Waals surface area contributed by atoms with Gasteiger partial charge in [0.15, 0.2) is 0 Å². The highest BCUT2D eigenvalue weighted by molar-refractivity contribution is 6.34. The number of methoxy groups -OCH3 is 1. The van der Waals surface area contributed by atoms with Gasteiger partial charge < -0.3 is 14.8 Å². The molecule has 0 bridgehead atoms. The maximum Gasteiger partial charge on any atom is 0.407 e. The van der Waals surface area contributed by atoms with E-state index in [1.807, 2.05) is 75.4 Å². The average Bonchev–Trinajstić information content (AvgIpc) is 2.81. The fourth-order valence-electron chi connectivity index (χ4n) is 4.17. The van der Waals surface area contributed by atoms with Crippen LogP contribution < -0.4 is 5.32 Å². The minimum Gasteiger partial charge on any atom is -0.496 e. The van der Waals surface area contributed by atoms with Gasteiger partial charge in [-0.1, -0.05) is 83.9 Å². The van der Waals surface area contributed by atoms with Crippen molar-refractivity contribution >= 4 is 35.1 Å². The van der Waals surface area contributed by atoms with Crippen molar-refractivity contribution in [1.29, 1.82) is 0 Å². The van der Waals surface area contributed by atoms with E-state index in [9.17, 15) is 4.79 Å². The lowest BCUT2D eigenvalue weighted by molar-refractivity contribution is 0.0497. The molecule has 1 N–H and O–H groups in total. The standard InChI is InChI=1S/C30H33Cl2NO3/c1-30(2,3)36-29(34)33-26(16-11-17-27(35-4)23-18-24(31)20-25(32)19-23)28(21-12-7-5-8-13-21)22-14-9-6-10-15-22/h5-10,12-15,17-20,26,28H,11,16H2,1-4H3,(H,33,34). The van der Waals surface area contributed by atoms with Crippen LogP contribution in [-0.4, -0.2) is 24.8 Å². The number of hydrogen-bond acceptors (Lipinski definition) is 3. The molecule has 3 rings (SSSR count). The molecule has 3 aromatic rings. The zero-order valence-corrected chi connectivity index (χ0v) is 22.6. The number of hydrogen-bond donors (Lipinski definition) is 1. The number of amides is 1. The average molecular weight is 527 g/mol. The lowest BCUT2D eigenvalue weighted by Gasteiger charge is -2.30. The minimum absolute atomic E-state index is 0.0695. The first kappa shape index (κ1) is 27.6. The number of alkyl carbamates (subject to hydrolysis) is 1. The minimum atomic E-state index is -0.599. The van der Waals surface area contributed by atoms with Gasteiger partial charge >= 0.3 is 6.09 Å².